The summed E-state index contributed by atoms with van der Waals surface area (Å²) in [5.41, 5.74) is 2.12. The van der Waals surface area contributed by atoms with Gasteiger partial charge in [-0.25, -0.2) is 18.4 Å². The third kappa shape index (κ3) is 3.58. The fourth-order valence-corrected chi connectivity index (χ4v) is 5.38. The van der Waals surface area contributed by atoms with Gasteiger partial charge >= 0.3 is 0 Å². The molecule has 3 aromatic heterocycles. The number of benzene rings is 2. The molecule has 150 valence electrons. The Hall–Kier alpha value is -3.15. The minimum Gasteiger partial charge on any atom is -0.362 e. The Morgan fingerprint density at radius 3 is 2.37 bits per heavy atom. The summed E-state index contributed by atoms with van der Waals surface area (Å²) in [7, 11) is -3.96. The summed E-state index contributed by atoms with van der Waals surface area (Å²) >= 11 is 2.57. The van der Waals surface area contributed by atoms with Gasteiger partial charge in [-0.3, -0.25) is 4.72 Å². The number of aromatic nitrogens is 4. The van der Waals surface area contributed by atoms with Crippen LogP contribution in [0.2, 0.25) is 0 Å². The molecule has 0 unspecified atom stereocenters. The number of hydrogen-bond acceptors (Lipinski definition) is 9. The monoisotopic (exact) mass is 454 g/mol. The number of thiophene rings is 1. The summed E-state index contributed by atoms with van der Waals surface area (Å²) in [6.07, 6.45) is 0. The molecule has 0 aliphatic heterocycles. The molecule has 5 aromatic rings. The van der Waals surface area contributed by atoms with Gasteiger partial charge in [-0.05, 0) is 35.7 Å². The van der Waals surface area contributed by atoms with Gasteiger partial charge in [0.05, 0.1) is 29.3 Å². The Kier molecular flexibility index (Phi) is 4.77. The molecule has 0 spiro atoms. The van der Waals surface area contributed by atoms with Gasteiger partial charge in [0, 0.05) is 4.88 Å². The number of rotatable bonds is 6. The van der Waals surface area contributed by atoms with Gasteiger partial charge in [0.15, 0.2) is 11.6 Å². The molecule has 0 aliphatic carbocycles. The van der Waals surface area contributed by atoms with Crippen LogP contribution >= 0.6 is 23.1 Å². The van der Waals surface area contributed by atoms with E-state index < -0.39 is 10.0 Å². The molecule has 2 N–H and O–H groups in total. The summed E-state index contributed by atoms with van der Waals surface area (Å²) in [5, 5.41) is 5.18. The zero-order valence-electron chi connectivity index (χ0n) is 15.3. The first-order valence-electron chi connectivity index (χ1n) is 8.87. The summed E-state index contributed by atoms with van der Waals surface area (Å²) in [6, 6.07) is 16.1. The Morgan fingerprint density at radius 1 is 0.833 bits per heavy atom. The minimum atomic E-state index is -3.96. The van der Waals surface area contributed by atoms with Crippen LogP contribution in [0, 0.1) is 0 Å². The van der Waals surface area contributed by atoms with Crippen molar-refractivity contribution < 1.29 is 8.42 Å². The molecule has 0 bridgehead atoms. The molecule has 30 heavy (non-hydrogen) atoms. The number of fused-ring (bicyclic) bond motifs is 2. The number of nitrogens with one attached hydrogen (secondary N) is 2. The van der Waals surface area contributed by atoms with Crippen molar-refractivity contribution in [3.05, 3.63) is 64.9 Å². The largest absolute Gasteiger partial charge is 0.362 e. The zero-order chi connectivity index (χ0) is 20.6. The SMILES string of the molecule is O=S(=O)(Nc1nc2ccccc2nc1NCc1cccs1)c1cccc2nsnc12. The highest BCUT2D eigenvalue weighted by Gasteiger charge is 2.22. The van der Waals surface area contributed by atoms with Crippen LogP contribution < -0.4 is 10.0 Å². The van der Waals surface area contributed by atoms with Crippen LogP contribution in [0.4, 0.5) is 11.6 Å². The molecular weight excluding hydrogens is 440 g/mol. The first-order chi connectivity index (χ1) is 14.6. The highest BCUT2D eigenvalue weighted by atomic mass is 32.2. The van der Waals surface area contributed by atoms with Crippen molar-refractivity contribution in [2.24, 2.45) is 0 Å². The molecule has 3 heterocycles. The maximum Gasteiger partial charge on any atom is 0.265 e. The molecule has 0 amide bonds. The van der Waals surface area contributed by atoms with E-state index in [1.165, 1.54) is 6.07 Å². The summed E-state index contributed by atoms with van der Waals surface area (Å²) in [4.78, 5) is 10.2. The van der Waals surface area contributed by atoms with Crippen LogP contribution in [0.25, 0.3) is 22.1 Å². The maximum absolute atomic E-state index is 13.2. The summed E-state index contributed by atoms with van der Waals surface area (Å²) < 4.78 is 37.2. The third-order valence-electron chi connectivity index (χ3n) is 4.35. The molecule has 5 rings (SSSR count). The first-order valence-corrected chi connectivity index (χ1v) is 12.0. The van der Waals surface area contributed by atoms with Gasteiger partial charge in [-0.2, -0.15) is 8.75 Å². The molecule has 0 atom stereocenters. The van der Waals surface area contributed by atoms with Gasteiger partial charge in [-0.1, -0.05) is 24.3 Å². The van der Waals surface area contributed by atoms with Crippen LogP contribution in [0.15, 0.2) is 64.9 Å². The van der Waals surface area contributed by atoms with Crippen molar-refractivity contribution >= 4 is 66.8 Å². The van der Waals surface area contributed by atoms with Crippen LogP contribution in [0.5, 0.6) is 0 Å². The van der Waals surface area contributed by atoms with E-state index in [2.05, 4.69) is 28.8 Å². The fourth-order valence-electron chi connectivity index (χ4n) is 2.96. The van der Waals surface area contributed by atoms with E-state index in [0.717, 1.165) is 16.6 Å². The second-order valence-electron chi connectivity index (χ2n) is 6.34. The normalized spacial score (nSPS) is 11.7. The van der Waals surface area contributed by atoms with E-state index in [9.17, 15) is 8.42 Å². The summed E-state index contributed by atoms with van der Waals surface area (Å²) in [6.45, 7) is 0.505. The standard InChI is InChI=1S/C19H14N6O2S3/c26-30(27,16-9-3-8-15-17(16)24-29-23-15)25-19-18(20-11-12-5-4-10-28-12)21-13-6-1-2-7-14(13)22-19/h1-10H,11H2,(H,20,21)(H,22,25). The van der Waals surface area contributed by atoms with Gasteiger partial charge in [0.25, 0.3) is 10.0 Å². The quantitative estimate of drug-likeness (QED) is 0.397. The molecule has 0 aliphatic rings. The van der Waals surface area contributed by atoms with Crippen molar-refractivity contribution in [1.82, 2.24) is 18.7 Å². The van der Waals surface area contributed by atoms with Crippen LogP contribution in [0.1, 0.15) is 4.88 Å². The van der Waals surface area contributed by atoms with Crippen molar-refractivity contribution in [2.75, 3.05) is 10.0 Å². The highest BCUT2D eigenvalue weighted by molar-refractivity contribution is 7.93. The third-order valence-corrected chi connectivity index (χ3v) is 7.14. The van der Waals surface area contributed by atoms with Crippen LogP contribution in [-0.2, 0) is 16.6 Å². The predicted molar refractivity (Wildman–Crippen MR) is 119 cm³/mol. The van der Waals surface area contributed by atoms with Gasteiger partial charge in [-0.15, -0.1) is 11.3 Å². The summed E-state index contributed by atoms with van der Waals surface area (Å²) in [5.74, 6) is 0.486. The Morgan fingerprint density at radius 2 is 1.60 bits per heavy atom. The van der Waals surface area contributed by atoms with Gasteiger partial charge < -0.3 is 5.32 Å². The molecule has 0 fully saturated rings. The molecule has 2 aromatic carbocycles. The smallest absolute Gasteiger partial charge is 0.265 e. The first kappa shape index (κ1) is 18.9. The van der Waals surface area contributed by atoms with E-state index in [1.54, 1.807) is 29.5 Å². The average Bonchev–Trinajstić information content (AvgIpc) is 3.43. The molecule has 0 radical (unpaired) electrons. The highest BCUT2D eigenvalue weighted by Crippen LogP contribution is 2.27. The minimum absolute atomic E-state index is 0.0490. The lowest BCUT2D eigenvalue weighted by Gasteiger charge is -2.13. The molecule has 11 heteroatoms. The number of para-hydroxylation sites is 2. The van der Waals surface area contributed by atoms with Crippen LogP contribution in [0.3, 0.4) is 0 Å². The molecular formula is C19H14N6O2S3. The van der Waals surface area contributed by atoms with E-state index in [4.69, 9.17) is 0 Å². The van der Waals surface area contributed by atoms with Crippen molar-refractivity contribution in [3.8, 4) is 0 Å². The predicted octanol–water partition coefficient (Wildman–Crippen LogP) is 4.11. The molecule has 0 saturated carbocycles. The number of sulfonamides is 1. The average molecular weight is 455 g/mol. The van der Waals surface area contributed by atoms with Crippen LogP contribution in [-0.4, -0.2) is 27.1 Å². The fraction of sp³-hybridized carbons (Fsp3) is 0.0526. The maximum atomic E-state index is 13.2. The van der Waals surface area contributed by atoms with E-state index in [0.29, 0.717) is 34.4 Å². The lowest BCUT2D eigenvalue weighted by atomic mass is 10.3. The Balaban J connectivity index is 1.56. The lowest BCUT2D eigenvalue weighted by molar-refractivity contribution is 0.601. The van der Waals surface area contributed by atoms with Crippen molar-refractivity contribution in [2.45, 2.75) is 11.4 Å². The van der Waals surface area contributed by atoms with E-state index in [1.807, 2.05) is 35.7 Å². The van der Waals surface area contributed by atoms with Crippen molar-refractivity contribution in [3.63, 3.8) is 0 Å². The second-order valence-corrected chi connectivity index (χ2v) is 9.55. The molecule has 0 saturated heterocycles. The molecule has 8 nitrogen and oxygen atoms in total. The number of hydrogen-bond donors (Lipinski definition) is 2. The van der Waals surface area contributed by atoms with E-state index in [-0.39, 0.29) is 10.7 Å². The van der Waals surface area contributed by atoms with E-state index >= 15 is 0 Å². The van der Waals surface area contributed by atoms with Gasteiger partial charge in [0.1, 0.15) is 15.9 Å². The topological polar surface area (TPSA) is 110 Å². The zero-order valence-corrected chi connectivity index (χ0v) is 17.8. The van der Waals surface area contributed by atoms with Gasteiger partial charge in [0.2, 0.25) is 0 Å². The number of nitrogens with zero attached hydrogens (tertiary/aromatic N) is 4. The number of anilines is 2. The van der Waals surface area contributed by atoms with Crippen molar-refractivity contribution in [1.29, 1.82) is 0 Å². The lowest BCUT2D eigenvalue weighted by Crippen LogP contribution is -2.17. The Labute approximate surface area is 180 Å². The Bertz CT molecular complexity index is 1450. The second kappa shape index (κ2) is 7.59.